The summed E-state index contributed by atoms with van der Waals surface area (Å²) < 4.78 is 26.0. The first-order valence-electron chi connectivity index (χ1n) is 5.15. The summed E-state index contributed by atoms with van der Waals surface area (Å²) in [5.74, 6) is -2.88. The molecule has 0 bridgehead atoms. The van der Waals surface area contributed by atoms with E-state index in [9.17, 15) is 13.6 Å². The van der Waals surface area contributed by atoms with Crippen LogP contribution >= 0.6 is 11.6 Å². The molecule has 0 spiro atoms. The number of rotatable bonds is 2. The number of carbonyl (C=O) groups is 1. The fraction of sp³-hybridized carbons (Fsp3) is 0. The number of carbonyl (C=O) groups excluding carboxylic acids is 1. The number of anilines is 2. The highest BCUT2D eigenvalue weighted by Crippen LogP contribution is 2.20. The van der Waals surface area contributed by atoms with Crippen LogP contribution in [-0.4, -0.2) is 10.9 Å². The molecule has 0 atom stereocenters. The van der Waals surface area contributed by atoms with Crippen LogP contribution in [0, 0.1) is 11.6 Å². The Bertz CT molecular complexity index is 649. The molecule has 0 unspecified atom stereocenters. The second kappa shape index (κ2) is 5.19. The molecule has 2 rings (SSSR count). The first-order valence-corrected chi connectivity index (χ1v) is 5.52. The lowest BCUT2D eigenvalue weighted by molar-refractivity contribution is 0.102. The van der Waals surface area contributed by atoms with Gasteiger partial charge in [0.15, 0.2) is 11.6 Å². The highest BCUT2D eigenvalue weighted by molar-refractivity contribution is 6.34. The normalized spacial score (nSPS) is 10.3. The zero-order chi connectivity index (χ0) is 14.0. The molecule has 19 heavy (non-hydrogen) atoms. The predicted molar refractivity (Wildman–Crippen MR) is 68.0 cm³/mol. The van der Waals surface area contributed by atoms with E-state index in [4.69, 9.17) is 17.3 Å². The van der Waals surface area contributed by atoms with E-state index >= 15 is 0 Å². The van der Waals surface area contributed by atoms with Crippen LogP contribution in [0.4, 0.5) is 20.3 Å². The number of hydrogen-bond donors (Lipinski definition) is 2. The van der Waals surface area contributed by atoms with Gasteiger partial charge in [0, 0.05) is 11.8 Å². The van der Waals surface area contributed by atoms with Crippen LogP contribution in [0.5, 0.6) is 0 Å². The van der Waals surface area contributed by atoms with Gasteiger partial charge >= 0.3 is 0 Å². The molecule has 0 fully saturated rings. The molecule has 4 nitrogen and oxygen atoms in total. The zero-order valence-corrected chi connectivity index (χ0v) is 10.2. The van der Waals surface area contributed by atoms with E-state index < -0.39 is 17.5 Å². The van der Waals surface area contributed by atoms with Gasteiger partial charge in [-0.25, -0.2) is 13.8 Å². The number of pyridine rings is 1. The molecule has 1 amide bonds. The number of hydrogen-bond acceptors (Lipinski definition) is 3. The van der Waals surface area contributed by atoms with Crippen molar-refractivity contribution in [3.63, 3.8) is 0 Å². The molecule has 0 aliphatic rings. The molecule has 7 heteroatoms. The highest BCUT2D eigenvalue weighted by Gasteiger charge is 2.14. The fourth-order valence-electron chi connectivity index (χ4n) is 1.40. The van der Waals surface area contributed by atoms with Crippen molar-refractivity contribution in [1.29, 1.82) is 0 Å². The lowest BCUT2D eigenvalue weighted by atomic mass is 10.2. The molecule has 98 valence electrons. The van der Waals surface area contributed by atoms with E-state index in [1.54, 1.807) is 0 Å². The number of aromatic nitrogens is 1. The molecular formula is C12H8ClF2N3O. The Balaban J connectivity index is 2.28. The first-order chi connectivity index (χ1) is 8.97. The summed E-state index contributed by atoms with van der Waals surface area (Å²) in [6.07, 6.45) is 0.791. The van der Waals surface area contributed by atoms with Crippen LogP contribution in [-0.2, 0) is 0 Å². The number of nitrogen functional groups attached to an aromatic ring is 1. The summed E-state index contributed by atoms with van der Waals surface area (Å²) in [5, 5.41) is 2.35. The highest BCUT2D eigenvalue weighted by atomic mass is 35.5. The third-order valence-corrected chi connectivity index (χ3v) is 2.60. The van der Waals surface area contributed by atoms with Gasteiger partial charge in [0.1, 0.15) is 5.82 Å². The van der Waals surface area contributed by atoms with Crippen LogP contribution < -0.4 is 11.1 Å². The molecule has 0 aliphatic heterocycles. The maximum Gasteiger partial charge on any atom is 0.258 e. The molecule has 1 aromatic heterocycles. The van der Waals surface area contributed by atoms with Crippen LogP contribution in [0.2, 0.25) is 5.02 Å². The van der Waals surface area contributed by atoms with Crippen molar-refractivity contribution in [3.05, 3.63) is 52.7 Å². The average molecular weight is 284 g/mol. The molecule has 0 saturated carbocycles. The second-order valence-corrected chi connectivity index (χ2v) is 4.08. The Kier molecular flexibility index (Phi) is 3.62. The van der Waals surface area contributed by atoms with Gasteiger partial charge in [-0.15, -0.1) is 0 Å². The van der Waals surface area contributed by atoms with E-state index in [0.717, 1.165) is 6.20 Å². The summed E-state index contributed by atoms with van der Waals surface area (Å²) in [6, 6.07) is 4.93. The Hall–Kier alpha value is -2.21. The van der Waals surface area contributed by atoms with E-state index in [2.05, 4.69) is 10.3 Å². The minimum absolute atomic E-state index is 0.0761. The summed E-state index contributed by atoms with van der Waals surface area (Å²) in [4.78, 5) is 15.3. The number of nitrogens with one attached hydrogen (secondary N) is 1. The molecule has 0 aliphatic carbocycles. The smallest absolute Gasteiger partial charge is 0.258 e. The van der Waals surface area contributed by atoms with Crippen LogP contribution in [0.1, 0.15) is 10.4 Å². The molecule has 1 aromatic carbocycles. The number of nitrogens with two attached hydrogens (primary N) is 1. The van der Waals surface area contributed by atoms with Gasteiger partial charge in [0.05, 0.1) is 16.8 Å². The summed E-state index contributed by atoms with van der Waals surface area (Å²) in [5.41, 5.74) is 5.94. The second-order valence-electron chi connectivity index (χ2n) is 3.68. The van der Waals surface area contributed by atoms with Gasteiger partial charge in [0.25, 0.3) is 5.91 Å². The average Bonchev–Trinajstić information content (AvgIpc) is 2.35. The van der Waals surface area contributed by atoms with E-state index in [-0.39, 0.29) is 16.4 Å². The minimum Gasteiger partial charge on any atom is -0.399 e. The number of nitrogens with zero attached hydrogens (tertiary/aromatic N) is 1. The van der Waals surface area contributed by atoms with E-state index in [1.807, 2.05) is 0 Å². The third-order valence-electron chi connectivity index (χ3n) is 2.27. The van der Waals surface area contributed by atoms with Gasteiger partial charge in [-0.2, -0.15) is 0 Å². The predicted octanol–water partition coefficient (Wildman–Crippen LogP) is 2.85. The van der Waals surface area contributed by atoms with Gasteiger partial charge in [-0.05, 0) is 18.2 Å². The lowest BCUT2D eigenvalue weighted by Crippen LogP contribution is -2.15. The van der Waals surface area contributed by atoms with E-state index in [1.165, 1.54) is 18.2 Å². The number of halogens is 3. The number of amides is 1. The standard InChI is InChI=1S/C12H8ClF2N3O/c13-9-2-1-7(16)4-8(9)12(19)18-11-10(15)3-6(14)5-17-11/h1-5H,16H2,(H,17,18,19). The summed E-state index contributed by atoms with van der Waals surface area (Å²) >= 11 is 5.83. The molecular weight excluding hydrogens is 276 g/mol. The maximum atomic E-state index is 13.3. The van der Waals surface area contributed by atoms with Crippen LogP contribution in [0.3, 0.4) is 0 Å². The van der Waals surface area contributed by atoms with Crippen molar-refractivity contribution in [3.8, 4) is 0 Å². The Morgan fingerprint density at radius 2 is 2.05 bits per heavy atom. The number of benzene rings is 1. The van der Waals surface area contributed by atoms with Crippen molar-refractivity contribution in [2.45, 2.75) is 0 Å². The topological polar surface area (TPSA) is 68.0 Å². The van der Waals surface area contributed by atoms with Crippen LogP contribution in [0.25, 0.3) is 0 Å². The third kappa shape index (κ3) is 2.97. The van der Waals surface area contributed by atoms with Gasteiger partial charge in [-0.1, -0.05) is 11.6 Å². The minimum atomic E-state index is -0.978. The van der Waals surface area contributed by atoms with Gasteiger partial charge < -0.3 is 11.1 Å². The van der Waals surface area contributed by atoms with Crippen molar-refractivity contribution in [2.75, 3.05) is 11.1 Å². The van der Waals surface area contributed by atoms with Crippen molar-refractivity contribution in [1.82, 2.24) is 4.98 Å². The lowest BCUT2D eigenvalue weighted by Gasteiger charge is -2.07. The van der Waals surface area contributed by atoms with E-state index in [0.29, 0.717) is 11.8 Å². The molecule has 0 radical (unpaired) electrons. The van der Waals surface area contributed by atoms with Crippen LogP contribution in [0.15, 0.2) is 30.5 Å². The van der Waals surface area contributed by atoms with Crippen molar-refractivity contribution in [2.24, 2.45) is 0 Å². The van der Waals surface area contributed by atoms with Gasteiger partial charge in [0.2, 0.25) is 0 Å². The maximum absolute atomic E-state index is 13.3. The SMILES string of the molecule is Nc1ccc(Cl)c(C(=O)Nc2ncc(F)cc2F)c1. The molecule has 2 aromatic rings. The Labute approximate surface area is 112 Å². The van der Waals surface area contributed by atoms with Crippen molar-refractivity contribution < 1.29 is 13.6 Å². The monoisotopic (exact) mass is 283 g/mol. The first kappa shape index (κ1) is 13.2. The van der Waals surface area contributed by atoms with Gasteiger partial charge in [-0.3, -0.25) is 4.79 Å². The molecule has 3 N–H and O–H groups in total. The summed E-state index contributed by atoms with van der Waals surface area (Å²) in [7, 11) is 0. The molecule has 1 heterocycles. The van der Waals surface area contributed by atoms with Crippen molar-refractivity contribution >= 4 is 29.0 Å². The zero-order valence-electron chi connectivity index (χ0n) is 9.45. The fourth-order valence-corrected chi connectivity index (χ4v) is 1.60. The largest absolute Gasteiger partial charge is 0.399 e. The quantitative estimate of drug-likeness (QED) is 0.833. The Morgan fingerprint density at radius 3 is 2.74 bits per heavy atom. The Morgan fingerprint density at radius 1 is 1.32 bits per heavy atom. The molecule has 0 saturated heterocycles. The summed E-state index contributed by atoms with van der Waals surface area (Å²) in [6.45, 7) is 0.